The number of amides is 2. The predicted molar refractivity (Wildman–Crippen MR) is 133 cm³/mol. The first-order chi connectivity index (χ1) is 16.8. The molecule has 4 unspecified atom stereocenters. The van der Waals surface area contributed by atoms with E-state index in [1.807, 2.05) is 45.0 Å². The Morgan fingerprint density at radius 3 is 2.23 bits per heavy atom. The number of benzene rings is 2. The van der Waals surface area contributed by atoms with Crippen molar-refractivity contribution in [1.29, 1.82) is 0 Å². The monoisotopic (exact) mass is 478 g/mol. The van der Waals surface area contributed by atoms with Gasteiger partial charge in [0, 0.05) is 18.5 Å². The summed E-state index contributed by atoms with van der Waals surface area (Å²) in [6.45, 7) is 6.33. The predicted octanol–water partition coefficient (Wildman–Crippen LogP) is 4.65. The van der Waals surface area contributed by atoms with Gasteiger partial charge in [0.25, 0.3) is 0 Å². The first-order valence-electron chi connectivity index (χ1n) is 12.5. The number of carbonyl (C=O) groups is 3. The number of piperidine rings is 1. The van der Waals surface area contributed by atoms with Crippen molar-refractivity contribution in [2.24, 2.45) is 11.8 Å². The van der Waals surface area contributed by atoms with E-state index in [4.69, 9.17) is 4.74 Å². The van der Waals surface area contributed by atoms with Gasteiger partial charge in [-0.3, -0.25) is 9.59 Å². The van der Waals surface area contributed by atoms with E-state index in [-0.39, 0.29) is 30.4 Å². The molecule has 1 aliphatic carbocycles. The molecule has 4 atom stereocenters. The smallest absolute Gasteiger partial charge is 0.407 e. The molecule has 35 heavy (non-hydrogen) atoms. The molecule has 1 aliphatic heterocycles. The van der Waals surface area contributed by atoms with Crippen LogP contribution >= 0.6 is 0 Å². The minimum atomic E-state index is -0.820. The number of hydrogen-bond acceptors (Lipinski definition) is 4. The highest BCUT2D eigenvalue weighted by Crippen LogP contribution is 2.44. The van der Waals surface area contributed by atoms with E-state index in [2.05, 4.69) is 29.6 Å². The molecule has 0 radical (unpaired) electrons. The Bertz CT molecular complexity index is 1050. The molecule has 1 heterocycles. The molecule has 2 amide bonds. The summed E-state index contributed by atoms with van der Waals surface area (Å²) in [7, 11) is 0. The summed E-state index contributed by atoms with van der Waals surface area (Å²) in [5.74, 6) is -1.58. The molecular weight excluding hydrogens is 444 g/mol. The van der Waals surface area contributed by atoms with Crippen LogP contribution in [0.4, 0.5) is 4.79 Å². The van der Waals surface area contributed by atoms with Crippen LogP contribution in [0.2, 0.25) is 0 Å². The molecule has 2 aromatic carbocycles. The fourth-order valence-corrected chi connectivity index (χ4v) is 5.35. The third-order valence-electron chi connectivity index (χ3n) is 7.60. The second kappa shape index (κ2) is 10.5. The molecule has 0 spiro atoms. The summed E-state index contributed by atoms with van der Waals surface area (Å²) in [5, 5.41) is 12.2. The Labute approximate surface area is 206 Å². The number of nitrogens with zero attached hydrogens (tertiary/aromatic N) is 1. The number of rotatable bonds is 7. The lowest BCUT2D eigenvalue weighted by atomic mass is 9.90. The van der Waals surface area contributed by atoms with Crippen molar-refractivity contribution in [3.8, 4) is 11.1 Å². The van der Waals surface area contributed by atoms with Gasteiger partial charge in [-0.05, 0) is 47.9 Å². The first kappa shape index (κ1) is 24.8. The Morgan fingerprint density at radius 1 is 1.09 bits per heavy atom. The average molecular weight is 479 g/mol. The number of fused-ring (bicyclic) bond motifs is 3. The van der Waals surface area contributed by atoms with Crippen molar-refractivity contribution in [2.45, 2.75) is 58.0 Å². The molecule has 2 aliphatic rings. The number of carboxylic acid groups (broad SMARTS) is 1. The van der Waals surface area contributed by atoms with E-state index < -0.39 is 24.0 Å². The van der Waals surface area contributed by atoms with Crippen LogP contribution in [0, 0.1) is 11.8 Å². The maximum atomic E-state index is 13.4. The van der Waals surface area contributed by atoms with E-state index in [0.29, 0.717) is 25.8 Å². The topological polar surface area (TPSA) is 95.9 Å². The van der Waals surface area contributed by atoms with Gasteiger partial charge in [-0.1, -0.05) is 68.8 Å². The van der Waals surface area contributed by atoms with Gasteiger partial charge in [-0.15, -0.1) is 0 Å². The molecule has 4 rings (SSSR count). The molecule has 2 N–H and O–H groups in total. The lowest BCUT2D eigenvalue weighted by molar-refractivity contribution is -0.148. The SMILES string of the molecule is CCC(C)C(NC(=O)OCC1c2ccccc2-c2ccccc21)C(=O)N1CCC(C(=O)O)CC1C. The second-order valence-electron chi connectivity index (χ2n) is 9.77. The van der Waals surface area contributed by atoms with Gasteiger partial charge >= 0.3 is 12.1 Å². The van der Waals surface area contributed by atoms with Crippen molar-refractivity contribution >= 4 is 18.0 Å². The van der Waals surface area contributed by atoms with E-state index >= 15 is 0 Å². The van der Waals surface area contributed by atoms with Crippen LogP contribution in [-0.4, -0.2) is 53.2 Å². The van der Waals surface area contributed by atoms with Crippen molar-refractivity contribution < 1.29 is 24.2 Å². The van der Waals surface area contributed by atoms with E-state index in [0.717, 1.165) is 22.3 Å². The van der Waals surface area contributed by atoms with Crippen LogP contribution in [0.5, 0.6) is 0 Å². The van der Waals surface area contributed by atoms with Crippen LogP contribution < -0.4 is 5.32 Å². The van der Waals surface area contributed by atoms with Crippen LogP contribution in [0.15, 0.2) is 48.5 Å². The van der Waals surface area contributed by atoms with Crippen LogP contribution in [0.3, 0.4) is 0 Å². The van der Waals surface area contributed by atoms with Crippen molar-refractivity contribution in [3.05, 3.63) is 59.7 Å². The summed E-state index contributed by atoms with van der Waals surface area (Å²) in [6.07, 6.45) is 0.932. The third kappa shape index (κ3) is 5.04. The number of nitrogens with one attached hydrogen (secondary N) is 1. The van der Waals surface area contributed by atoms with Crippen LogP contribution in [0.1, 0.15) is 57.1 Å². The molecule has 2 aromatic rings. The van der Waals surface area contributed by atoms with E-state index in [1.54, 1.807) is 4.90 Å². The third-order valence-corrected chi connectivity index (χ3v) is 7.60. The van der Waals surface area contributed by atoms with Crippen molar-refractivity contribution in [3.63, 3.8) is 0 Å². The average Bonchev–Trinajstić information content (AvgIpc) is 3.18. The molecular formula is C28H34N2O5. The number of aliphatic carboxylic acids is 1. The van der Waals surface area contributed by atoms with Gasteiger partial charge in [0.15, 0.2) is 0 Å². The van der Waals surface area contributed by atoms with Crippen molar-refractivity contribution in [1.82, 2.24) is 10.2 Å². The van der Waals surface area contributed by atoms with E-state index in [9.17, 15) is 19.5 Å². The highest BCUT2D eigenvalue weighted by atomic mass is 16.5. The number of carbonyl (C=O) groups excluding carboxylic acids is 2. The van der Waals surface area contributed by atoms with Gasteiger partial charge in [0.2, 0.25) is 5.91 Å². The molecule has 7 nitrogen and oxygen atoms in total. The minimum Gasteiger partial charge on any atom is -0.481 e. The van der Waals surface area contributed by atoms with Crippen LogP contribution in [-0.2, 0) is 14.3 Å². The largest absolute Gasteiger partial charge is 0.481 e. The maximum absolute atomic E-state index is 13.4. The Kier molecular flexibility index (Phi) is 7.43. The highest BCUT2D eigenvalue weighted by Gasteiger charge is 2.37. The zero-order valence-corrected chi connectivity index (χ0v) is 20.6. The lowest BCUT2D eigenvalue weighted by Crippen LogP contribution is -2.56. The van der Waals surface area contributed by atoms with E-state index in [1.165, 1.54) is 0 Å². The fourth-order valence-electron chi connectivity index (χ4n) is 5.35. The summed E-state index contributed by atoms with van der Waals surface area (Å²) >= 11 is 0. The van der Waals surface area contributed by atoms with Gasteiger partial charge in [0.05, 0.1) is 5.92 Å². The molecule has 0 bridgehead atoms. The molecule has 186 valence electrons. The molecule has 0 saturated carbocycles. The Balaban J connectivity index is 1.43. The highest BCUT2D eigenvalue weighted by molar-refractivity contribution is 5.86. The second-order valence-corrected chi connectivity index (χ2v) is 9.77. The zero-order chi connectivity index (χ0) is 25.1. The van der Waals surface area contributed by atoms with Crippen molar-refractivity contribution in [2.75, 3.05) is 13.2 Å². The summed E-state index contributed by atoms with van der Waals surface area (Å²) < 4.78 is 5.68. The quantitative estimate of drug-likeness (QED) is 0.604. The minimum absolute atomic E-state index is 0.0547. The standard InChI is InChI=1S/C28H34N2O5/c1-4-17(2)25(26(31)30-14-13-19(27(32)33)15-18(30)3)29-28(34)35-16-24-22-11-7-5-9-20(22)21-10-6-8-12-23(21)24/h5-12,17-19,24-25H,4,13-16H2,1-3H3,(H,29,34)(H,32,33). The number of hydrogen-bond donors (Lipinski definition) is 2. The Hall–Kier alpha value is -3.35. The Morgan fingerprint density at radius 2 is 1.69 bits per heavy atom. The van der Waals surface area contributed by atoms with Crippen LogP contribution in [0.25, 0.3) is 11.1 Å². The van der Waals surface area contributed by atoms with Gasteiger partial charge in [0.1, 0.15) is 12.6 Å². The number of ether oxygens (including phenoxy) is 1. The molecule has 7 heteroatoms. The summed E-state index contributed by atoms with van der Waals surface area (Å²) in [4.78, 5) is 39.4. The maximum Gasteiger partial charge on any atom is 0.407 e. The number of carboxylic acids is 1. The molecule has 0 aromatic heterocycles. The fraction of sp³-hybridized carbons (Fsp3) is 0.464. The normalized spacial score (nSPS) is 20.9. The molecule has 1 fully saturated rings. The number of alkyl carbamates (subject to hydrolysis) is 1. The summed E-state index contributed by atoms with van der Waals surface area (Å²) in [5.41, 5.74) is 4.57. The number of likely N-dealkylation sites (tertiary alicyclic amines) is 1. The zero-order valence-electron chi connectivity index (χ0n) is 20.6. The van der Waals surface area contributed by atoms with Gasteiger partial charge in [-0.25, -0.2) is 4.79 Å². The first-order valence-corrected chi connectivity index (χ1v) is 12.5. The summed E-state index contributed by atoms with van der Waals surface area (Å²) in [6, 6.07) is 15.4. The van der Waals surface area contributed by atoms with Gasteiger partial charge in [-0.2, -0.15) is 0 Å². The molecule has 1 saturated heterocycles. The van der Waals surface area contributed by atoms with Gasteiger partial charge < -0.3 is 20.1 Å². The lowest BCUT2D eigenvalue weighted by Gasteiger charge is -2.39.